The summed E-state index contributed by atoms with van der Waals surface area (Å²) in [5.41, 5.74) is 0.834. The van der Waals surface area contributed by atoms with Crippen LogP contribution in [0.15, 0.2) is 18.2 Å². The summed E-state index contributed by atoms with van der Waals surface area (Å²) in [5.74, 6) is 0.461. The smallest absolute Gasteiger partial charge is 0.123 e. The average molecular weight is 285 g/mol. The second kappa shape index (κ2) is 6.69. The van der Waals surface area contributed by atoms with Gasteiger partial charge in [0.15, 0.2) is 0 Å². The van der Waals surface area contributed by atoms with Crippen molar-refractivity contribution in [3.63, 3.8) is 0 Å². The number of rotatable bonds is 5. The Bertz CT molecular complexity index is 423. The molecule has 106 valence electrons. The quantitative estimate of drug-likeness (QED) is 0.892. The fraction of sp³-hybridized carbons (Fsp3) is 0.600. The maximum absolute atomic E-state index is 13.1. The van der Waals surface area contributed by atoms with Crippen molar-refractivity contribution in [1.29, 1.82) is 0 Å². The van der Waals surface area contributed by atoms with Crippen LogP contribution in [-0.4, -0.2) is 30.6 Å². The Morgan fingerprint density at radius 1 is 1.47 bits per heavy atom. The summed E-state index contributed by atoms with van der Waals surface area (Å²) >= 11 is 6.04. The average Bonchev–Trinajstić information content (AvgIpc) is 2.82. The standard InChI is InChI=1S/C15H22ClFN2/c1-11(2)19-6-5-12(10-19)8-18-9-13-7-14(17)3-4-15(13)16/h3-4,7,11-12,18H,5-6,8-10H2,1-2H3. The van der Waals surface area contributed by atoms with Crippen LogP contribution in [0.1, 0.15) is 25.8 Å². The molecule has 0 aromatic heterocycles. The lowest BCUT2D eigenvalue weighted by molar-refractivity contribution is 0.264. The molecule has 1 fully saturated rings. The number of halogens is 2. The largest absolute Gasteiger partial charge is 0.312 e. The summed E-state index contributed by atoms with van der Waals surface area (Å²) in [4.78, 5) is 2.50. The van der Waals surface area contributed by atoms with Crippen LogP contribution < -0.4 is 5.32 Å². The van der Waals surface area contributed by atoms with E-state index in [4.69, 9.17) is 11.6 Å². The van der Waals surface area contributed by atoms with Gasteiger partial charge < -0.3 is 10.2 Å². The summed E-state index contributed by atoms with van der Waals surface area (Å²) in [6, 6.07) is 5.14. The molecule has 1 aromatic rings. The molecule has 1 aliphatic rings. The zero-order valence-electron chi connectivity index (χ0n) is 11.6. The molecule has 4 heteroatoms. The Morgan fingerprint density at radius 3 is 2.95 bits per heavy atom. The zero-order valence-corrected chi connectivity index (χ0v) is 12.4. The number of hydrogen-bond donors (Lipinski definition) is 1. The fourth-order valence-corrected chi connectivity index (χ4v) is 2.77. The Hall–Kier alpha value is -0.640. The maximum atomic E-state index is 13.1. The van der Waals surface area contributed by atoms with Crippen molar-refractivity contribution in [3.8, 4) is 0 Å². The minimum Gasteiger partial charge on any atom is -0.312 e. The van der Waals surface area contributed by atoms with Crippen LogP contribution in [-0.2, 0) is 6.54 Å². The number of nitrogens with one attached hydrogen (secondary N) is 1. The van der Waals surface area contributed by atoms with Crippen molar-refractivity contribution in [3.05, 3.63) is 34.6 Å². The molecule has 0 bridgehead atoms. The van der Waals surface area contributed by atoms with Crippen molar-refractivity contribution >= 4 is 11.6 Å². The van der Waals surface area contributed by atoms with E-state index < -0.39 is 0 Å². The highest BCUT2D eigenvalue weighted by atomic mass is 35.5. The molecular formula is C15H22ClFN2. The first kappa shape index (κ1) is 14.8. The summed E-state index contributed by atoms with van der Waals surface area (Å²) in [7, 11) is 0. The predicted molar refractivity (Wildman–Crippen MR) is 77.9 cm³/mol. The normalized spacial score (nSPS) is 20.4. The Morgan fingerprint density at radius 2 is 2.26 bits per heavy atom. The lowest BCUT2D eigenvalue weighted by Crippen LogP contribution is -2.30. The third-order valence-electron chi connectivity index (χ3n) is 3.80. The SMILES string of the molecule is CC(C)N1CCC(CNCc2cc(F)ccc2Cl)C1. The molecule has 19 heavy (non-hydrogen) atoms. The van der Waals surface area contributed by atoms with Gasteiger partial charge in [0.05, 0.1) is 0 Å². The number of benzene rings is 1. The lowest BCUT2D eigenvalue weighted by atomic mass is 10.1. The first-order chi connectivity index (χ1) is 9.06. The molecule has 0 amide bonds. The number of likely N-dealkylation sites (tertiary alicyclic amines) is 1. The van der Waals surface area contributed by atoms with Crippen LogP contribution >= 0.6 is 11.6 Å². The second-order valence-corrected chi connectivity index (χ2v) is 6.02. The molecule has 1 N–H and O–H groups in total. The molecule has 1 heterocycles. The third-order valence-corrected chi connectivity index (χ3v) is 4.17. The summed E-state index contributed by atoms with van der Waals surface area (Å²) in [6.45, 7) is 8.42. The van der Waals surface area contributed by atoms with Crippen molar-refractivity contribution in [2.24, 2.45) is 5.92 Å². The molecule has 1 saturated heterocycles. The molecule has 1 atom stereocenters. The molecule has 0 spiro atoms. The van der Waals surface area contributed by atoms with E-state index in [0.29, 0.717) is 23.5 Å². The highest BCUT2D eigenvalue weighted by molar-refractivity contribution is 6.31. The second-order valence-electron chi connectivity index (χ2n) is 5.61. The minimum atomic E-state index is -0.229. The van der Waals surface area contributed by atoms with Gasteiger partial charge in [0.25, 0.3) is 0 Å². The molecular weight excluding hydrogens is 263 g/mol. The summed E-state index contributed by atoms with van der Waals surface area (Å²) < 4.78 is 13.1. The molecule has 0 saturated carbocycles. The van der Waals surface area contributed by atoms with Crippen LogP contribution in [0.3, 0.4) is 0 Å². The minimum absolute atomic E-state index is 0.229. The summed E-state index contributed by atoms with van der Waals surface area (Å²) in [6.07, 6.45) is 1.24. The number of nitrogens with zero attached hydrogens (tertiary/aromatic N) is 1. The first-order valence-corrected chi connectivity index (χ1v) is 7.32. The zero-order chi connectivity index (χ0) is 13.8. The van der Waals surface area contributed by atoms with E-state index in [0.717, 1.165) is 18.7 Å². The van der Waals surface area contributed by atoms with Crippen molar-refractivity contribution < 1.29 is 4.39 Å². The van der Waals surface area contributed by atoms with Gasteiger partial charge >= 0.3 is 0 Å². The van der Waals surface area contributed by atoms with E-state index in [1.54, 1.807) is 6.07 Å². The van der Waals surface area contributed by atoms with E-state index in [1.807, 2.05) is 0 Å². The van der Waals surface area contributed by atoms with E-state index in [1.165, 1.54) is 25.1 Å². The van der Waals surface area contributed by atoms with E-state index in [2.05, 4.69) is 24.1 Å². The molecule has 0 radical (unpaired) electrons. The van der Waals surface area contributed by atoms with Gasteiger partial charge in [-0.05, 0) is 63.0 Å². The van der Waals surface area contributed by atoms with Crippen LogP contribution in [0.25, 0.3) is 0 Å². The van der Waals surface area contributed by atoms with E-state index in [-0.39, 0.29) is 5.82 Å². The number of hydrogen-bond acceptors (Lipinski definition) is 2. The van der Waals surface area contributed by atoms with Crippen molar-refractivity contribution in [2.75, 3.05) is 19.6 Å². The molecule has 1 aromatic carbocycles. The van der Waals surface area contributed by atoms with Crippen LogP contribution in [0.5, 0.6) is 0 Å². The van der Waals surface area contributed by atoms with Gasteiger partial charge in [-0.25, -0.2) is 4.39 Å². The Balaban J connectivity index is 1.77. The predicted octanol–water partition coefficient (Wildman–Crippen LogP) is 3.30. The van der Waals surface area contributed by atoms with Crippen LogP contribution in [0.4, 0.5) is 4.39 Å². The van der Waals surface area contributed by atoms with E-state index >= 15 is 0 Å². The molecule has 0 aliphatic carbocycles. The first-order valence-electron chi connectivity index (χ1n) is 6.95. The van der Waals surface area contributed by atoms with Gasteiger partial charge in [-0.15, -0.1) is 0 Å². The van der Waals surface area contributed by atoms with E-state index in [9.17, 15) is 4.39 Å². The Kier molecular flexibility index (Phi) is 5.20. The molecule has 1 aliphatic heterocycles. The van der Waals surface area contributed by atoms with Crippen molar-refractivity contribution in [2.45, 2.75) is 32.9 Å². The molecule has 2 rings (SSSR count). The highest BCUT2D eigenvalue weighted by Crippen LogP contribution is 2.19. The third kappa shape index (κ3) is 4.16. The van der Waals surface area contributed by atoms with Gasteiger partial charge in [-0.1, -0.05) is 11.6 Å². The summed E-state index contributed by atoms with van der Waals surface area (Å²) in [5, 5.41) is 4.02. The van der Waals surface area contributed by atoms with Gasteiger partial charge in [0.2, 0.25) is 0 Å². The molecule has 1 unspecified atom stereocenters. The topological polar surface area (TPSA) is 15.3 Å². The maximum Gasteiger partial charge on any atom is 0.123 e. The van der Waals surface area contributed by atoms with Gasteiger partial charge in [-0.2, -0.15) is 0 Å². The highest BCUT2D eigenvalue weighted by Gasteiger charge is 2.23. The van der Waals surface area contributed by atoms with Gasteiger partial charge in [0.1, 0.15) is 5.82 Å². The lowest BCUT2D eigenvalue weighted by Gasteiger charge is -2.20. The van der Waals surface area contributed by atoms with Crippen LogP contribution in [0.2, 0.25) is 5.02 Å². The fourth-order valence-electron chi connectivity index (χ4n) is 2.59. The van der Waals surface area contributed by atoms with Gasteiger partial charge in [0, 0.05) is 24.2 Å². The monoisotopic (exact) mass is 284 g/mol. The van der Waals surface area contributed by atoms with Gasteiger partial charge in [-0.3, -0.25) is 0 Å². The Labute approximate surface area is 119 Å². The molecule has 2 nitrogen and oxygen atoms in total. The van der Waals surface area contributed by atoms with Crippen molar-refractivity contribution in [1.82, 2.24) is 10.2 Å². The van der Waals surface area contributed by atoms with Crippen LogP contribution in [0, 0.1) is 11.7 Å².